The number of furan rings is 1. The second kappa shape index (κ2) is 6.95. The number of nitrogens with zero attached hydrogens (tertiary/aromatic N) is 2. The van der Waals surface area contributed by atoms with Crippen molar-refractivity contribution in [2.45, 2.75) is 46.2 Å². The molecule has 0 bridgehead atoms. The fraction of sp³-hybridized carbons (Fsp3) is 0.533. The monoisotopic (exact) mass is 295 g/mol. The largest absolute Gasteiger partial charge is 0.467 e. The third-order valence-electron chi connectivity index (χ3n) is 3.30. The summed E-state index contributed by atoms with van der Waals surface area (Å²) >= 11 is 6.36. The van der Waals surface area contributed by atoms with Crippen molar-refractivity contribution in [3.63, 3.8) is 0 Å². The van der Waals surface area contributed by atoms with Crippen molar-refractivity contribution in [2.75, 3.05) is 6.54 Å². The van der Waals surface area contributed by atoms with Crippen molar-refractivity contribution in [3.05, 3.63) is 40.6 Å². The van der Waals surface area contributed by atoms with E-state index in [0.717, 1.165) is 42.9 Å². The summed E-state index contributed by atoms with van der Waals surface area (Å²) in [6, 6.07) is 1.93. The first-order valence-corrected chi connectivity index (χ1v) is 7.55. The Morgan fingerprint density at radius 3 is 2.80 bits per heavy atom. The molecule has 20 heavy (non-hydrogen) atoms. The molecule has 2 aromatic rings. The standard InChI is InChI=1S/C15H22ClN3O/c1-4-7-17-13(15-11(3)6-9-20-15)14-12(16)10-18-19(14)8-5-2/h6,9-10,13,17H,4-5,7-8H2,1-3H3. The molecule has 0 aliphatic carbocycles. The highest BCUT2D eigenvalue weighted by Gasteiger charge is 2.25. The van der Waals surface area contributed by atoms with Crippen LogP contribution in [0.2, 0.25) is 5.02 Å². The van der Waals surface area contributed by atoms with Gasteiger partial charge in [0.05, 0.1) is 23.2 Å². The van der Waals surface area contributed by atoms with Gasteiger partial charge in [-0.15, -0.1) is 0 Å². The third-order valence-corrected chi connectivity index (χ3v) is 3.60. The van der Waals surface area contributed by atoms with E-state index in [1.807, 2.05) is 17.7 Å². The van der Waals surface area contributed by atoms with Crippen LogP contribution in [-0.2, 0) is 6.54 Å². The lowest BCUT2D eigenvalue weighted by Gasteiger charge is -2.19. The van der Waals surface area contributed by atoms with Crippen molar-refractivity contribution < 1.29 is 4.42 Å². The van der Waals surface area contributed by atoms with E-state index in [2.05, 4.69) is 24.3 Å². The fourth-order valence-corrected chi connectivity index (χ4v) is 2.58. The summed E-state index contributed by atoms with van der Waals surface area (Å²) in [6.45, 7) is 8.08. The van der Waals surface area contributed by atoms with Gasteiger partial charge in [0.2, 0.25) is 0 Å². The first-order chi connectivity index (χ1) is 9.69. The minimum Gasteiger partial charge on any atom is -0.467 e. The predicted molar refractivity (Wildman–Crippen MR) is 81.1 cm³/mol. The highest BCUT2D eigenvalue weighted by Crippen LogP contribution is 2.30. The molecule has 2 aromatic heterocycles. The Morgan fingerprint density at radius 2 is 2.20 bits per heavy atom. The molecule has 2 rings (SSSR count). The molecule has 2 heterocycles. The van der Waals surface area contributed by atoms with Crippen molar-refractivity contribution in [1.82, 2.24) is 15.1 Å². The van der Waals surface area contributed by atoms with Crippen LogP contribution in [0.4, 0.5) is 0 Å². The van der Waals surface area contributed by atoms with Crippen LogP contribution in [0.1, 0.15) is 49.7 Å². The molecule has 0 amide bonds. The van der Waals surface area contributed by atoms with E-state index in [1.54, 1.807) is 12.5 Å². The van der Waals surface area contributed by atoms with Gasteiger partial charge in [0, 0.05) is 6.54 Å². The lowest BCUT2D eigenvalue weighted by atomic mass is 10.1. The van der Waals surface area contributed by atoms with Crippen molar-refractivity contribution in [3.8, 4) is 0 Å². The van der Waals surface area contributed by atoms with Crippen LogP contribution in [0.3, 0.4) is 0 Å². The molecule has 0 spiro atoms. The average Bonchev–Trinajstić information content (AvgIpc) is 3.00. The third kappa shape index (κ3) is 3.07. The van der Waals surface area contributed by atoms with E-state index < -0.39 is 0 Å². The molecule has 0 radical (unpaired) electrons. The van der Waals surface area contributed by atoms with E-state index >= 15 is 0 Å². The molecule has 1 unspecified atom stereocenters. The molecule has 0 aliphatic heterocycles. The quantitative estimate of drug-likeness (QED) is 0.841. The molecule has 0 fully saturated rings. The van der Waals surface area contributed by atoms with Crippen molar-refractivity contribution >= 4 is 11.6 Å². The minimum absolute atomic E-state index is 0.0495. The molecule has 0 saturated heterocycles. The zero-order chi connectivity index (χ0) is 14.5. The number of rotatable bonds is 7. The Balaban J connectivity index is 2.41. The van der Waals surface area contributed by atoms with E-state index in [-0.39, 0.29) is 6.04 Å². The van der Waals surface area contributed by atoms with Crippen molar-refractivity contribution in [2.24, 2.45) is 0 Å². The van der Waals surface area contributed by atoms with Crippen LogP contribution >= 0.6 is 11.6 Å². The summed E-state index contributed by atoms with van der Waals surface area (Å²) in [4.78, 5) is 0. The minimum atomic E-state index is -0.0495. The van der Waals surface area contributed by atoms with Gasteiger partial charge in [-0.3, -0.25) is 4.68 Å². The summed E-state index contributed by atoms with van der Waals surface area (Å²) in [5.41, 5.74) is 2.11. The normalized spacial score (nSPS) is 12.8. The molecular weight excluding hydrogens is 274 g/mol. The molecule has 1 atom stereocenters. The first-order valence-electron chi connectivity index (χ1n) is 7.17. The maximum absolute atomic E-state index is 6.36. The first kappa shape index (κ1) is 15.1. The van der Waals surface area contributed by atoms with Gasteiger partial charge in [0.15, 0.2) is 0 Å². The van der Waals surface area contributed by atoms with Crippen LogP contribution in [0.25, 0.3) is 0 Å². The maximum Gasteiger partial charge on any atom is 0.129 e. The molecule has 110 valence electrons. The van der Waals surface area contributed by atoms with Gasteiger partial charge in [0.1, 0.15) is 11.8 Å². The highest BCUT2D eigenvalue weighted by molar-refractivity contribution is 6.31. The Labute approximate surface area is 125 Å². The van der Waals surface area contributed by atoms with E-state index in [1.165, 1.54) is 0 Å². The second-order valence-electron chi connectivity index (χ2n) is 4.96. The predicted octanol–water partition coefficient (Wildman–Crippen LogP) is 3.94. The second-order valence-corrected chi connectivity index (χ2v) is 5.36. The molecule has 1 N–H and O–H groups in total. The average molecular weight is 296 g/mol. The van der Waals surface area contributed by atoms with E-state index in [4.69, 9.17) is 16.0 Å². The van der Waals surface area contributed by atoms with Gasteiger partial charge >= 0.3 is 0 Å². The van der Waals surface area contributed by atoms with Crippen LogP contribution in [0, 0.1) is 6.92 Å². The number of halogens is 1. The number of nitrogens with one attached hydrogen (secondary N) is 1. The maximum atomic E-state index is 6.36. The van der Waals surface area contributed by atoms with E-state index in [9.17, 15) is 0 Å². The van der Waals surface area contributed by atoms with Gasteiger partial charge in [-0.25, -0.2) is 0 Å². The summed E-state index contributed by atoms with van der Waals surface area (Å²) < 4.78 is 7.64. The molecule has 4 nitrogen and oxygen atoms in total. The Kier molecular flexibility index (Phi) is 5.26. The SMILES string of the molecule is CCCNC(c1occc1C)c1c(Cl)cnn1CCC. The zero-order valence-corrected chi connectivity index (χ0v) is 13.1. The van der Waals surface area contributed by atoms with Crippen LogP contribution in [-0.4, -0.2) is 16.3 Å². The summed E-state index contributed by atoms with van der Waals surface area (Å²) in [5, 5.41) is 8.58. The number of hydrogen-bond acceptors (Lipinski definition) is 3. The summed E-state index contributed by atoms with van der Waals surface area (Å²) in [7, 11) is 0. The number of aromatic nitrogens is 2. The van der Waals surface area contributed by atoms with Crippen LogP contribution < -0.4 is 5.32 Å². The van der Waals surface area contributed by atoms with Gasteiger partial charge in [-0.1, -0.05) is 25.4 Å². The van der Waals surface area contributed by atoms with Crippen molar-refractivity contribution in [1.29, 1.82) is 0 Å². The van der Waals surface area contributed by atoms with Crippen LogP contribution in [0.15, 0.2) is 22.9 Å². The highest BCUT2D eigenvalue weighted by atomic mass is 35.5. The Morgan fingerprint density at radius 1 is 1.40 bits per heavy atom. The molecular formula is C15H22ClN3O. The number of aryl methyl sites for hydroxylation is 2. The molecule has 0 aliphatic rings. The molecule has 0 aromatic carbocycles. The summed E-state index contributed by atoms with van der Waals surface area (Å²) in [6.07, 6.45) is 5.50. The van der Waals surface area contributed by atoms with Gasteiger partial charge in [-0.2, -0.15) is 5.10 Å². The van der Waals surface area contributed by atoms with Crippen LogP contribution in [0.5, 0.6) is 0 Å². The Hall–Kier alpha value is -1.26. The zero-order valence-electron chi connectivity index (χ0n) is 12.3. The Bertz CT molecular complexity index is 547. The number of hydrogen-bond donors (Lipinski definition) is 1. The molecule has 5 heteroatoms. The molecule has 0 saturated carbocycles. The smallest absolute Gasteiger partial charge is 0.129 e. The topological polar surface area (TPSA) is 43.0 Å². The van der Waals surface area contributed by atoms with Gasteiger partial charge < -0.3 is 9.73 Å². The summed E-state index contributed by atoms with van der Waals surface area (Å²) in [5.74, 6) is 0.915. The lowest BCUT2D eigenvalue weighted by molar-refractivity contribution is 0.421. The van der Waals surface area contributed by atoms with Gasteiger partial charge in [-0.05, 0) is 37.9 Å². The fourth-order valence-electron chi connectivity index (χ4n) is 2.33. The van der Waals surface area contributed by atoms with E-state index in [0.29, 0.717) is 5.02 Å². The van der Waals surface area contributed by atoms with Gasteiger partial charge in [0.25, 0.3) is 0 Å². The lowest BCUT2D eigenvalue weighted by Crippen LogP contribution is -2.26.